The molecular weight excluding hydrogens is 322 g/mol. The molecule has 108 valence electrons. The minimum Gasteiger partial charge on any atom is -0.431 e. The maximum atomic E-state index is 12.0. The summed E-state index contributed by atoms with van der Waals surface area (Å²) in [6.45, 7) is 0. The van der Waals surface area contributed by atoms with Gasteiger partial charge in [-0.15, -0.1) is 0 Å². The van der Waals surface area contributed by atoms with Gasteiger partial charge in [0.1, 0.15) is 16.0 Å². The third-order valence-electron chi connectivity index (χ3n) is 3.14. The van der Waals surface area contributed by atoms with Gasteiger partial charge in [0, 0.05) is 10.4 Å². The molecule has 0 fully saturated rings. The summed E-state index contributed by atoms with van der Waals surface area (Å²) < 4.78 is 10.9. The van der Waals surface area contributed by atoms with Crippen LogP contribution in [0.5, 0.6) is 0 Å². The Labute approximate surface area is 133 Å². The Bertz CT molecular complexity index is 1050. The fourth-order valence-corrected chi connectivity index (χ4v) is 3.07. The van der Waals surface area contributed by atoms with Gasteiger partial charge in [-0.3, -0.25) is 0 Å². The molecular formula is C16H8ClNO3S. The lowest BCUT2D eigenvalue weighted by atomic mass is 10.2. The van der Waals surface area contributed by atoms with Crippen LogP contribution < -0.4 is 5.63 Å². The second kappa shape index (κ2) is 5.19. The number of hydrogen-bond donors (Lipinski definition) is 0. The maximum absolute atomic E-state index is 12.0. The Balaban J connectivity index is 1.78. The lowest BCUT2D eigenvalue weighted by molar-refractivity contribution is 0.487. The van der Waals surface area contributed by atoms with Crippen molar-refractivity contribution in [3.63, 3.8) is 0 Å². The van der Waals surface area contributed by atoms with Crippen LogP contribution in [0.2, 0.25) is 5.02 Å². The monoisotopic (exact) mass is 329 g/mol. The fourth-order valence-electron chi connectivity index (χ4n) is 2.13. The van der Waals surface area contributed by atoms with Crippen molar-refractivity contribution in [3.8, 4) is 0 Å². The van der Waals surface area contributed by atoms with E-state index in [-0.39, 0.29) is 0 Å². The van der Waals surface area contributed by atoms with Crippen LogP contribution in [0.1, 0.15) is 0 Å². The van der Waals surface area contributed by atoms with E-state index in [0.29, 0.717) is 31.8 Å². The van der Waals surface area contributed by atoms with Gasteiger partial charge >= 0.3 is 5.63 Å². The SMILES string of the molecule is O=c1oc2ccccc2cc1Sc1nc2cc(Cl)ccc2o1. The van der Waals surface area contributed by atoms with Crippen LogP contribution in [0.3, 0.4) is 0 Å². The van der Waals surface area contributed by atoms with Crippen LogP contribution in [0.15, 0.2) is 72.3 Å². The number of halogens is 1. The van der Waals surface area contributed by atoms with Crippen LogP contribution >= 0.6 is 23.4 Å². The van der Waals surface area contributed by atoms with Crippen molar-refractivity contribution in [1.82, 2.24) is 4.98 Å². The van der Waals surface area contributed by atoms with Gasteiger partial charge in [-0.05, 0) is 42.1 Å². The molecule has 22 heavy (non-hydrogen) atoms. The number of oxazole rings is 1. The van der Waals surface area contributed by atoms with E-state index in [4.69, 9.17) is 20.4 Å². The van der Waals surface area contributed by atoms with E-state index in [0.717, 1.165) is 17.1 Å². The zero-order valence-corrected chi connectivity index (χ0v) is 12.6. The highest BCUT2D eigenvalue weighted by Gasteiger charge is 2.12. The molecule has 4 rings (SSSR count). The van der Waals surface area contributed by atoms with Crippen LogP contribution in [0, 0.1) is 0 Å². The van der Waals surface area contributed by atoms with Gasteiger partial charge in [0.2, 0.25) is 0 Å². The number of hydrogen-bond acceptors (Lipinski definition) is 5. The Morgan fingerprint density at radius 3 is 2.77 bits per heavy atom. The van der Waals surface area contributed by atoms with Crippen molar-refractivity contribution >= 4 is 45.4 Å². The topological polar surface area (TPSA) is 56.2 Å². The van der Waals surface area contributed by atoms with Gasteiger partial charge in [-0.25, -0.2) is 9.78 Å². The van der Waals surface area contributed by atoms with E-state index in [2.05, 4.69) is 4.98 Å². The van der Waals surface area contributed by atoms with E-state index >= 15 is 0 Å². The van der Waals surface area contributed by atoms with Crippen molar-refractivity contribution < 1.29 is 8.83 Å². The Kier molecular flexibility index (Phi) is 3.17. The van der Waals surface area contributed by atoms with Crippen LogP contribution in [-0.2, 0) is 0 Å². The average molecular weight is 330 g/mol. The molecule has 0 atom stereocenters. The number of rotatable bonds is 2. The Hall–Kier alpha value is -2.24. The number of fused-ring (bicyclic) bond motifs is 2. The molecule has 0 aliphatic carbocycles. The molecule has 0 amide bonds. The van der Waals surface area contributed by atoms with Gasteiger partial charge in [-0.1, -0.05) is 29.8 Å². The second-order valence-corrected chi connectivity index (χ2v) is 6.06. The van der Waals surface area contributed by atoms with E-state index in [9.17, 15) is 4.79 Å². The molecule has 6 heteroatoms. The summed E-state index contributed by atoms with van der Waals surface area (Å²) in [5.74, 6) is 0. The minimum absolute atomic E-state index is 0.375. The van der Waals surface area contributed by atoms with Crippen LogP contribution in [-0.4, -0.2) is 4.98 Å². The lowest BCUT2D eigenvalue weighted by Crippen LogP contribution is -2.01. The molecule has 0 saturated heterocycles. The minimum atomic E-state index is -0.413. The van der Waals surface area contributed by atoms with E-state index in [1.54, 1.807) is 30.3 Å². The smallest absolute Gasteiger partial charge is 0.350 e. The molecule has 0 N–H and O–H groups in total. The highest BCUT2D eigenvalue weighted by atomic mass is 35.5. The van der Waals surface area contributed by atoms with Gasteiger partial charge in [0.05, 0.1) is 0 Å². The third-order valence-corrected chi connectivity index (χ3v) is 4.23. The zero-order valence-electron chi connectivity index (χ0n) is 11.1. The van der Waals surface area contributed by atoms with Crippen LogP contribution in [0.4, 0.5) is 0 Å². The van der Waals surface area contributed by atoms with Gasteiger partial charge in [0.25, 0.3) is 5.22 Å². The number of nitrogens with zero attached hydrogens (tertiary/aromatic N) is 1. The van der Waals surface area contributed by atoms with E-state index in [1.165, 1.54) is 0 Å². The van der Waals surface area contributed by atoms with Crippen molar-refractivity contribution in [3.05, 3.63) is 64.0 Å². The summed E-state index contributed by atoms with van der Waals surface area (Å²) in [5, 5.41) is 1.81. The molecule has 2 aromatic heterocycles. The first-order valence-electron chi connectivity index (χ1n) is 6.46. The molecule has 0 aliphatic heterocycles. The highest BCUT2D eigenvalue weighted by molar-refractivity contribution is 7.99. The average Bonchev–Trinajstić information content (AvgIpc) is 2.89. The number of para-hydroxylation sites is 1. The van der Waals surface area contributed by atoms with Crippen molar-refractivity contribution in [1.29, 1.82) is 0 Å². The first-order chi connectivity index (χ1) is 10.7. The van der Waals surface area contributed by atoms with Crippen LogP contribution in [0.25, 0.3) is 22.1 Å². The summed E-state index contributed by atoms with van der Waals surface area (Å²) in [4.78, 5) is 16.8. The summed E-state index contributed by atoms with van der Waals surface area (Å²) in [5.41, 5.74) is 1.42. The fraction of sp³-hybridized carbons (Fsp3) is 0. The predicted octanol–water partition coefficient (Wildman–Crippen LogP) is 4.74. The number of benzene rings is 2. The standard InChI is InChI=1S/C16H8ClNO3S/c17-10-5-6-13-11(8-10)18-16(21-13)22-14-7-9-3-1-2-4-12(9)20-15(14)19/h1-8H. The second-order valence-electron chi connectivity index (χ2n) is 4.63. The zero-order chi connectivity index (χ0) is 15.1. The lowest BCUT2D eigenvalue weighted by Gasteiger charge is -1.98. The van der Waals surface area contributed by atoms with Crippen molar-refractivity contribution in [2.24, 2.45) is 0 Å². The summed E-state index contributed by atoms with van der Waals surface area (Å²) >= 11 is 7.06. The molecule has 2 heterocycles. The van der Waals surface area contributed by atoms with Crippen molar-refractivity contribution in [2.75, 3.05) is 0 Å². The number of aromatic nitrogens is 1. The largest absolute Gasteiger partial charge is 0.431 e. The molecule has 0 saturated carbocycles. The normalized spacial score (nSPS) is 11.3. The summed E-state index contributed by atoms with van der Waals surface area (Å²) in [6, 6.07) is 14.3. The highest BCUT2D eigenvalue weighted by Crippen LogP contribution is 2.30. The molecule has 4 nitrogen and oxygen atoms in total. The van der Waals surface area contributed by atoms with Gasteiger partial charge < -0.3 is 8.83 Å². The summed E-state index contributed by atoms with van der Waals surface area (Å²) in [6.07, 6.45) is 0. The molecule has 0 radical (unpaired) electrons. The van der Waals surface area contributed by atoms with Gasteiger partial charge in [0.15, 0.2) is 5.58 Å². The first kappa shape index (κ1) is 13.4. The first-order valence-corrected chi connectivity index (χ1v) is 7.65. The molecule has 2 aromatic carbocycles. The van der Waals surface area contributed by atoms with Gasteiger partial charge in [-0.2, -0.15) is 0 Å². The molecule has 0 unspecified atom stereocenters. The molecule has 0 aliphatic rings. The quantitative estimate of drug-likeness (QED) is 0.497. The third kappa shape index (κ3) is 2.38. The predicted molar refractivity (Wildman–Crippen MR) is 85.6 cm³/mol. The van der Waals surface area contributed by atoms with E-state index in [1.807, 2.05) is 18.2 Å². The maximum Gasteiger partial charge on any atom is 0.350 e. The molecule has 0 spiro atoms. The van der Waals surface area contributed by atoms with Crippen molar-refractivity contribution in [2.45, 2.75) is 10.1 Å². The molecule has 0 bridgehead atoms. The van der Waals surface area contributed by atoms with E-state index < -0.39 is 5.63 Å². The Morgan fingerprint density at radius 1 is 1.00 bits per heavy atom. The molecule has 4 aromatic rings. The summed E-state index contributed by atoms with van der Waals surface area (Å²) in [7, 11) is 0. The Morgan fingerprint density at radius 2 is 1.86 bits per heavy atom.